The largest absolute Gasteiger partial charge is 0.352 e. The number of nitrogens with zero attached hydrogens (tertiary/aromatic N) is 4. The van der Waals surface area contributed by atoms with Crippen molar-refractivity contribution < 1.29 is 14.4 Å². The number of aromatic nitrogens is 3. The van der Waals surface area contributed by atoms with Crippen molar-refractivity contribution in [3.63, 3.8) is 0 Å². The summed E-state index contributed by atoms with van der Waals surface area (Å²) in [5, 5.41) is 21.8. The molecule has 3 aliphatic carbocycles. The number of amides is 4. The van der Waals surface area contributed by atoms with Crippen LogP contribution in [0, 0.1) is 11.8 Å². The van der Waals surface area contributed by atoms with E-state index in [4.69, 9.17) is 0 Å². The molecule has 3 fully saturated rings. The van der Waals surface area contributed by atoms with Gasteiger partial charge in [0.05, 0.1) is 5.56 Å². The van der Waals surface area contributed by atoms with E-state index in [1.807, 2.05) is 11.8 Å². The molecule has 2 aromatic heterocycles. The average Bonchev–Trinajstić information content (AvgIpc) is 3.80. The molecule has 3 heterocycles. The van der Waals surface area contributed by atoms with E-state index in [-0.39, 0.29) is 35.8 Å². The maximum atomic E-state index is 13.4. The molecule has 2 aromatic rings. The van der Waals surface area contributed by atoms with Crippen LogP contribution in [0.1, 0.15) is 72.3 Å². The molecule has 0 aromatic carbocycles. The lowest BCUT2D eigenvalue weighted by Crippen LogP contribution is -2.39. The normalized spacial score (nSPS) is 22.6. The van der Waals surface area contributed by atoms with Gasteiger partial charge in [-0.1, -0.05) is 0 Å². The average molecular weight is 541 g/mol. The molecule has 0 radical (unpaired) electrons. The summed E-state index contributed by atoms with van der Waals surface area (Å²) in [5.74, 6) is 1.29. The van der Waals surface area contributed by atoms with E-state index in [1.165, 1.54) is 17.7 Å². The molecular formula is C26H36N8O3S. The van der Waals surface area contributed by atoms with Crippen LogP contribution < -0.4 is 21.3 Å². The summed E-state index contributed by atoms with van der Waals surface area (Å²) in [5.41, 5.74) is 1.67. The molecule has 4 amide bonds. The van der Waals surface area contributed by atoms with Crippen LogP contribution in [0.25, 0.3) is 0 Å². The Kier molecular flexibility index (Phi) is 6.98. The predicted octanol–water partition coefficient (Wildman–Crippen LogP) is 2.77. The molecule has 0 unspecified atom stereocenters. The minimum absolute atomic E-state index is 0.0277. The summed E-state index contributed by atoms with van der Waals surface area (Å²) in [6, 6.07) is 0.166. The zero-order chi connectivity index (χ0) is 26.2. The van der Waals surface area contributed by atoms with Crippen LogP contribution in [0.15, 0.2) is 6.33 Å². The Morgan fingerprint density at radius 1 is 1.11 bits per heavy atom. The lowest BCUT2D eigenvalue weighted by molar-refractivity contribution is -0.117. The van der Waals surface area contributed by atoms with E-state index in [2.05, 4.69) is 36.0 Å². The summed E-state index contributed by atoms with van der Waals surface area (Å²) in [4.78, 5) is 41.2. The molecular weight excluding hydrogens is 504 g/mol. The Labute approximate surface area is 226 Å². The van der Waals surface area contributed by atoms with Crippen molar-refractivity contribution >= 4 is 40.1 Å². The number of hydrogen-bond acceptors (Lipinski definition) is 7. The fourth-order valence-corrected chi connectivity index (χ4v) is 6.70. The molecule has 38 heavy (non-hydrogen) atoms. The van der Waals surface area contributed by atoms with Gasteiger partial charge in [-0.05, 0) is 69.8 Å². The molecule has 1 aliphatic heterocycles. The Bertz CT molecular complexity index is 1220. The summed E-state index contributed by atoms with van der Waals surface area (Å²) >= 11 is 1.56. The van der Waals surface area contributed by atoms with E-state index in [9.17, 15) is 14.4 Å². The SMILES string of the molecule is CCNC(=O)N1CC[C@H](Nc2nncn2[C@H]2CCc3sc(NC(=O)C4CC4)c(C(=O)NCC4CC4)c3C2)C1. The summed E-state index contributed by atoms with van der Waals surface area (Å²) < 4.78 is 2.07. The van der Waals surface area contributed by atoms with Crippen LogP contribution in [0.4, 0.5) is 15.7 Å². The molecule has 0 spiro atoms. The van der Waals surface area contributed by atoms with E-state index < -0.39 is 0 Å². The number of hydrogen-bond donors (Lipinski definition) is 4. The first-order valence-electron chi connectivity index (χ1n) is 13.9. The van der Waals surface area contributed by atoms with Gasteiger partial charge in [-0.25, -0.2) is 4.79 Å². The van der Waals surface area contributed by atoms with E-state index in [0.29, 0.717) is 55.0 Å². The van der Waals surface area contributed by atoms with Gasteiger partial charge in [0.15, 0.2) is 0 Å². The van der Waals surface area contributed by atoms with Crippen molar-refractivity contribution in [2.45, 2.75) is 70.4 Å². The highest BCUT2D eigenvalue weighted by Gasteiger charge is 2.35. The van der Waals surface area contributed by atoms with E-state index in [1.54, 1.807) is 17.7 Å². The van der Waals surface area contributed by atoms with Crippen LogP contribution in [-0.4, -0.2) is 69.7 Å². The first kappa shape index (κ1) is 25.1. The third kappa shape index (κ3) is 5.36. The number of carbonyl (C=O) groups is 3. The fourth-order valence-electron chi connectivity index (χ4n) is 5.46. The van der Waals surface area contributed by atoms with Gasteiger partial charge in [-0.2, -0.15) is 0 Å². The molecule has 11 nitrogen and oxygen atoms in total. The number of likely N-dealkylation sites (tertiary alicyclic amines) is 1. The Hall–Kier alpha value is -3.15. The zero-order valence-electron chi connectivity index (χ0n) is 21.8. The number of urea groups is 1. The van der Waals surface area contributed by atoms with Crippen LogP contribution in [0.2, 0.25) is 0 Å². The monoisotopic (exact) mass is 540 g/mol. The third-order valence-electron chi connectivity index (χ3n) is 8.00. The van der Waals surface area contributed by atoms with Gasteiger partial charge < -0.3 is 26.2 Å². The Balaban J connectivity index is 1.18. The first-order chi connectivity index (χ1) is 18.5. The lowest BCUT2D eigenvalue weighted by atomic mass is 9.91. The smallest absolute Gasteiger partial charge is 0.317 e. The second-order valence-corrected chi connectivity index (χ2v) is 12.1. The Morgan fingerprint density at radius 3 is 2.71 bits per heavy atom. The summed E-state index contributed by atoms with van der Waals surface area (Å²) in [6.45, 7) is 4.54. The number of anilines is 2. The quantitative estimate of drug-likeness (QED) is 0.387. The van der Waals surface area contributed by atoms with Crippen LogP contribution >= 0.6 is 11.3 Å². The maximum absolute atomic E-state index is 13.4. The number of fused-ring (bicyclic) bond motifs is 1. The second kappa shape index (κ2) is 10.5. The molecule has 2 saturated carbocycles. The molecule has 204 valence electrons. The molecule has 6 rings (SSSR count). The van der Waals surface area contributed by atoms with Gasteiger partial charge in [0.2, 0.25) is 11.9 Å². The zero-order valence-corrected chi connectivity index (χ0v) is 22.6. The van der Waals surface area contributed by atoms with Crippen molar-refractivity contribution in [2.24, 2.45) is 11.8 Å². The van der Waals surface area contributed by atoms with Crippen molar-refractivity contribution in [3.8, 4) is 0 Å². The molecule has 4 N–H and O–H groups in total. The number of nitrogens with one attached hydrogen (secondary N) is 4. The fraction of sp³-hybridized carbons (Fsp3) is 0.654. The van der Waals surface area contributed by atoms with Gasteiger partial charge in [0.1, 0.15) is 11.3 Å². The Morgan fingerprint density at radius 2 is 1.95 bits per heavy atom. The minimum atomic E-state index is -0.0837. The van der Waals surface area contributed by atoms with Gasteiger partial charge in [0, 0.05) is 49.1 Å². The minimum Gasteiger partial charge on any atom is -0.352 e. The van der Waals surface area contributed by atoms with Crippen molar-refractivity contribution in [1.29, 1.82) is 0 Å². The van der Waals surface area contributed by atoms with E-state index in [0.717, 1.165) is 37.7 Å². The number of aryl methyl sites for hydroxylation is 1. The van der Waals surface area contributed by atoms with Crippen molar-refractivity contribution in [2.75, 3.05) is 36.8 Å². The predicted molar refractivity (Wildman–Crippen MR) is 144 cm³/mol. The van der Waals surface area contributed by atoms with Crippen molar-refractivity contribution in [3.05, 3.63) is 22.3 Å². The summed E-state index contributed by atoms with van der Waals surface area (Å²) in [6.07, 6.45) is 9.19. The highest BCUT2D eigenvalue weighted by molar-refractivity contribution is 7.17. The highest BCUT2D eigenvalue weighted by Crippen LogP contribution is 2.42. The number of rotatable bonds is 9. The van der Waals surface area contributed by atoms with Gasteiger partial charge in [-0.15, -0.1) is 21.5 Å². The molecule has 0 bridgehead atoms. The first-order valence-corrected chi connectivity index (χ1v) is 14.7. The van der Waals surface area contributed by atoms with Gasteiger partial charge in [0.25, 0.3) is 5.91 Å². The molecule has 4 aliphatic rings. The van der Waals surface area contributed by atoms with Crippen LogP contribution in [0.5, 0.6) is 0 Å². The number of carbonyl (C=O) groups excluding carboxylic acids is 3. The van der Waals surface area contributed by atoms with Crippen LogP contribution in [-0.2, 0) is 17.6 Å². The molecule has 12 heteroatoms. The van der Waals surface area contributed by atoms with Crippen molar-refractivity contribution in [1.82, 2.24) is 30.3 Å². The topological polar surface area (TPSA) is 133 Å². The lowest BCUT2D eigenvalue weighted by Gasteiger charge is -2.26. The van der Waals surface area contributed by atoms with Gasteiger partial charge >= 0.3 is 6.03 Å². The molecule has 2 atom stereocenters. The van der Waals surface area contributed by atoms with Crippen LogP contribution in [0.3, 0.4) is 0 Å². The number of thiophene rings is 1. The third-order valence-corrected chi connectivity index (χ3v) is 9.21. The standard InChI is InChI=1S/C26H36N8O3S/c1-2-27-26(37)33-10-9-17(13-33)30-25-32-29-14-34(25)18-7-8-20-19(11-18)21(23(36)28-12-15-3-4-15)24(38-20)31-22(35)16-5-6-16/h14-18H,2-13H2,1H3,(H,27,37)(H,28,36)(H,30,32)(H,31,35)/t17-,18-/m0/s1. The second-order valence-electron chi connectivity index (χ2n) is 11.0. The highest BCUT2D eigenvalue weighted by atomic mass is 32.1. The molecule has 1 saturated heterocycles. The summed E-state index contributed by atoms with van der Waals surface area (Å²) in [7, 11) is 0. The van der Waals surface area contributed by atoms with Gasteiger partial charge in [-0.3, -0.25) is 14.2 Å². The van der Waals surface area contributed by atoms with E-state index >= 15 is 0 Å². The maximum Gasteiger partial charge on any atom is 0.317 e.